The second-order valence-electron chi connectivity index (χ2n) is 4.54. The van der Waals surface area contributed by atoms with Gasteiger partial charge in [0.25, 0.3) is 0 Å². The Labute approximate surface area is 108 Å². The quantitative estimate of drug-likeness (QED) is 0.863. The van der Waals surface area contributed by atoms with Crippen LogP contribution in [0.3, 0.4) is 0 Å². The van der Waals surface area contributed by atoms with Crippen molar-refractivity contribution in [2.45, 2.75) is 33.2 Å². The highest BCUT2D eigenvalue weighted by Gasteiger charge is 2.02. The summed E-state index contributed by atoms with van der Waals surface area (Å²) in [5, 5.41) is 12.1. The van der Waals surface area contributed by atoms with Crippen LogP contribution < -0.4 is 5.32 Å². The second kappa shape index (κ2) is 6.93. The van der Waals surface area contributed by atoms with Gasteiger partial charge >= 0.3 is 0 Å². The van der Waals surface area contributed by atoms with E-state index in [1.165, 1.54) is 11.6 Å². The largest absolute Gasteiger partial charge is 0.311 e. The number of rotatable bonds is 5. The number of hydrogen-bond donors (Lipinski definition) is 1. The zero-order chi connectivity index (χ0) is 13.5. The Bertz CT molecular complexity index is 470. The van der Waals surface area contributed by atoms with E-state index in [1.54, 1.807) is 12.1 Å². The first-order valence-electron chi connectivity index (χ1n) is 6.19. The highest BCUT2D eigenvalue weighted by atomic mass is 19.1. The molecule has 3 heteroatoms. The first-order valence-corrected chi connectivity index (χ1v) is 6.19. The zero-order valence-corrected chi connectivity index (χ0v) is 11.1. The molecule has 0 heterocycles. The average Bonchev–Trinajstić information content (AvgIpc) is 2.36. The minimum absolute atomic E-state index is 0.0935. The van der Waals surface area contributed by atoms with Crippen molar-refractivity contribution in [3.63, 3.8) is 0 Å². The minimum Gasteiger partial charge on any atom is -0.311 e. The molecule has 1 N–H and O–H groups in total. The first-order chi connectivity index (χ1) is 8.56. The van der Waals surface area contributed by atoms with Gasteiger partial charge in [-0.2, -0.15) is 5.26 Å². The Morgan fingerprint density at radius 2 is 2.22 bits per heavy atom. The lowest BCUT2D eigenvalue weighted by molar-refractivity contribution is 0.617. The molecule has 0 spiro atoms. The molecule has 0 atom stereocenters. The summed E-state index contributed by atoms with van der Waals surface area (Å²) in [5.41, 5.74) is 2.20. The number of nitrogens with zero attached hydrogens (tertiary/aromatic N) is 1. The zero-order valence-electron chi connectivity index (χ0n) is 11.1. The van der Waals surface area contributed by atoms with Crippen LogP contribution in [0.15, 0.2) is 23.8 Å². The van der Waals surface area contributed by atoms with Gasteiger partial charge in [0.1, 0.15) is 11.9 Å². The van der Waals surface area contributed by atoms with E-state index >= 15 is 0 Å². The molecule has 0 fully saturated rings. The van der Waals surface area contributed by atoms with Crippen molar-refractivity contribution in [3.05, 3.63) is 40.7 Å². The molecule has 1 aromatic rings. The van der Waals surface area contributed by atoms with Crippen LogP contribution in [-0.2, 0) is 0 Å². The number of nitrogens with one attached hydrogen (secondary N) is 1. The van der Waals surface area contributed by atoms with Crippen molar-refractivity contribution in [2.75, 3.05) is 6.54 Å². The molecule has 0 aliphatic heterocycles. The summed E-state index contributed by atoms with van der Waals surface area (Å²) in [6.07, 6.45) is 2.94. The Kier molecular flexibility index (Phi) is 5.54. The standard InChI is InChI=1S/C15H19FN2/c1-4-12(10-18-11(2)3)7-13-5-6-15(16)14(8-13)9-17/h5-8,11,18H,4,10H2,1-3H3/b12-7-. The SMILES string of the molecule is CC/C(=C/c1ccc(F)c(C#N)c1)CNC(C)C. The molecule has 18 heavy (non-hydrogen) atoms. The molecule has 0 bridgehead atoms. The molecule has 0 aliphatic carbocycles. The van der Waals surface area contributed by atoms with Crippen LogP contribution in [0.25, 0.3) is 6.08 Å². The van der Waals surface area contributed by atoms with E-state index in [1.807, 2.05) is 12.1 Å². The van der Waals surface area contributed by atoms with Crippen LogP contribution in [0.1, 0.15) is 38.3 Å². The van der Waals surface area contributed by atoms with Crippen LogP contribution in [0.5, 0.6) is 0 Å². The van der Waals surface area contributed by atoms with Crippen molar-refractivity contribution in [3.8, 4) is 6.07 Å². The summed E-state index contributed by atoms with van der Waals surface area (Å²) in [6.45, 7) is 7.09. The number of nitriles is 1. The lowest BCUT2D eigenvalue weighted by Gasteiger charge is -2.10. The predicted molar refractivity (Wildman–Crippen MR) is 72.5 cm³/mol. The van der Waals surface area contributed by atoms with Crippen molar-refractivity contribution < 1.29 is 4.39 Å². The van der Waals surface area contributed by atoms with Gasteiger partial charge in [-0.1, -0.05) is 38.5 Å². The Morgan fingerprint density at radius 3 is 2.78 bits per heavy atom. The minimum atomic E-state index is -0.465. The third-order valence-corrected chi connectivity index (χ3v) is 2.67. The van der Waals surface area contributed by atoms with Gasteiger partial charge in [-0.05, 0) is 24.1 Å². The third-order valence-electron chi connectivity index (χ3n) is 2.67. The van der Waals surface area contributed by atoms with E-state index in [0.29, 0.717) is 6.04 Å². The maximum atomic E-state index is 13.2. The summed E-state index contributed by atoms with van der Waals surface area (Å²) in [7, 11) is 0. The van der Waals surface area contributed by atoms with E-state index in [0.717, 1.165) is 18.5 Å². The molecule has 0 amide bonds. The lowest BCUT2D eigenvalue weighted by Crippen LogP contribution is -2.24. The fourth-order valence-electron chi connectivity index (χ4n) is 1.57. The molecule has 0 aromatic heterocycles. The average molecular weight is 246 g/mol. The second-order valence-corrected chi connectivity index (χ2v) is 4.54. The van der Waals surface area contributed by atoms with Crippen molar-refractivity contribution >= 4 is 6.08 Å². The maximum Gasteiger partial charge on any atom is 0.140 e. The summed E-state index contributed by atoms with van der Waals surface area (Å²) in [4.78, 5) is 0. The molecule has 96 valence electrons. The molecule has 0 saturated carbocycles. The van der Waals surface area contributed by atoms with Crippen molar-refractivity contribution in [1.82, 2.24) is 5.32 Å². The Balaban J connectivity index is 2.89. The van der Waals surface area contributed by atoms with Gasteiger partial charge in [0.15, 0.2) is 0 Å². The Hall–Kier alpha value is -1.66. The summed E-state index contributed by atoms with van der Waals surface area (Å²) in [5.74, 6) is -0.465. The molecule has 0 unspecified atom stereocenters. The molecule has 1 aromatic carbocycles. The molecular formula is C15H19FN2. The van der Waals surface area contributed by atoms with Gasteiger partial charge in [-0.3, -0.25) is 0 Å². The normalized spacial score (nSPS) is 11.7. The molecular weight excluding hydrogens is 227 g/mol. The van der Waals surface area contributed by atoms with Gasteiger partial charge in [-0.25, -0.2) is 4.39 Å². The van der Waals surface area contributed by atoms with E-state index < -0.39 is 5.82 Å². The molecule has 0 aliphatic rings. The van der Waals surface area contributed by atoms with Crippen LogP contribution in [0.4, 0.5) is 4.39 Å². The van der Waals surface area contributed by atoms with Crippen LogP contribution >= 0.6 is 0 Å². The lowest BCUT2D eigenvalue weighted by atomic mass is 10.1. The fourth-order valence-corrected chi connectivity index (χ4v) is 1.57. The van der Waals surface area contributed by atoms with Gasteiger partial charge < -0.3 is 5.32 Å². The van der Waals surface area contributed by atoms with Gasteiger partial charge in [-0.15, -0.1) is 0 Å². The topological polar surface area (TPSA) is 35.8 Å². The summed E-state index contributed by atoms with van der Waals surface area (Å²) >= 11 is 0. The van der Waals surface area contributed by atoms with Crippen LogP contribution in [0, 0.1) is 17.1 Å². The van der Waals surface area contributed by atoms with Crippen LogP contribution in [-0.4, -0.2) is 12.6 Å². The van der Waals surface area contributed by atoms with Gasteiger partial charge in [0.05, 0.1) is 5.56 Å². The fraction of sp³-hybridized carbons (Fsp3) is 0.400. The van der Waals surface area contributed by atoms with Crippen molar-refractivity contribution in [2.24, 2.45) is 0 Å². The molecule has 0 radical (unpaired) electrons. The maximum absolute atomic E-state index is 13.2. The highest BCUT2D eigenvalue weighted by Crippen LogP contribution is 2.14. The monoisotopic (exact) mass is 246 g/mol. The highest BCUT2D eigenvalue weighted by molar-refractivity contribution is 5.55. The van der Waals surface area contributed by atoms with E-state index in [-0.39, 0.29) is 5.56 Å². The number of hydrogen-bond acceptors (Lipinski definition) is 2. The van der Waals surface area contributed by atoms with Crippen LogP contribution in [0.2, 0.25) is 0 Å². The first kappa shape index (κ1) is 14.4. The predicted octanol–water partition coefficient (Wildman–Crippen LogP) is 3.49. The van der Waals surface area contributed by atoms with Crippen molar-refractivity contribution in [1.29, 1.82) is 5.26 Å². The van der Waals surface area contributed by atoms with E-state index in [9.17, 15) is 4.39 Å². The van der Waals surface area contributed by atoms with E-state index in [2.05, 4.69) is 26.1 Å². The van der Waals surface area contributed by atoms with Gasteiger partial charge in [0, 0.05) is 12.6 Å². The smallest absolute Gasteiger partial charge is 0.140 e. The Morgan fingerprint density at radius 1 is 1.50 bits per heavy atom. The molecule has 2 nitrogen and oxygen atoms in total. The summed E-state index contributed by atoms with van der Waals surface area (Å²) in [6, 6.07) is 6.91. The summed E-state index contributed by atoms with van der Waals surface area (Å²) < 4.78 is 13.2. The van der Waals surface area contributed by atoms with E-state index in [4.69, 9.17) is 5.26 Å². The van der Waals surface area contributed by atoms with Gasteiger partial charge in [0.2, 0.25) is 0 Å². The molecule has 1 rings (SSSR count). The molecule has 0 saturated heterocycles. The third kappa shape index (κ3) is 4.31. The number of halogens is 1. The number of benzene rings is 1.